The summed E-state index contributed by atoms with van der Waals surface area (Å²) < 4.78 is 30.8. The Balaban J connectivity index is 1.71. The minimum absolute atomic E-state index is 0.120. The van der Waals surface area contributed by atoms with Gasteiger partial charge in [-0.25, -0.2) is 9.59 Å². The predicted molar refractivity (Wildman–Crippen MR) is 122 cm³/mol. The van der Waals surface area contributed by atoms with Crippen molar-refractivity contribution < 1.29 is 42.6 Å². The van der Waals surface area contributed by atoms with Crippen LogP contribution in [0.25, 0.3) is 0 Å². The highest BCUT2D eigenvalue weighted by Gasteiger charge is 2.59. The normalized spacial score (nSPS) is 26.2. The maximum Gasteiger partial charge on any atom is 0.408 e. The molecule has 11 nitrogen and oxygen atoms in total. The third-order valence-corrected chi connectivity index (χ3v) is 5.51. The Morgan fingerprint density at radius 3 is 2.46 bits per heavy atom. The monoisotopic (exact) mass is 494 g/mol. The van der Waals surface area contributed by atoms with E-state index < -0.39 is 59.9 Å². The lowest BCUT2D eigenvalue weighted by Gasteiger charge is -2.26. The van der Waals surface area contributed by atoms with Crippen LogP contribution in [0.15, 0.2) is 24.5 Å². The van der Waals surface area contributed by atoms with Crippen molar-refractivity contribution in [2.75, 3.05) is 6.61 Å². The summed E-state index contributed by atoms with van der Waals surface area (Å²) in [5, 5.41) is 2.58. The van der Waals surface area contributed by atoms with E-state index in [0.717, 1.165) is 0 Å². The summed E-state index contributed by atoms with van der Waals surface area (Å²) in [4.78, 5) is 36.7. The van der Waals surface area contributed by atoms with E-state index in [1.165, 1.54) is 0 Å². The van der Waals surface area contributed by atoms with E-state index >= 15 is 0 Å². The molecule has 2 saturated heterocycles. The lowest BCUT2D eigenvalue weighted by molar-refractivity contribution is -0.766. The van der Waals surface area contributed by atoms with E-state index in [9.17, 15) is 14.4 Å². The van der Waals surface area contributed by atoms with Crippen LogP contribution in [0.3, 0.4) is 0 Å². The minimum atomic E-state index is -0.906. The van der Waals surface area contributed by atoms with Gasteiger partial charge in [-0.3, -0.25) is 4.79 Å². The second-order valence-electron chi connectivity index (χ2n) is 10.5. The largest absolute Gasteiger partial charge is 0.461 e. The molecule has 0 aromatic carbocycles. The van der Waals surface area contributed by atoms with Crippen LogP contribution in [0.5, 0.6) is 0 Å². The smallest absolute Gasteiger partial charge is 0.408 e. The van der Waals surface area contributed by atoms with Crippen molar-refractivity contribution in [2.24, 2.45) is 11.7 Å². The van der Waals surface area contributed by atoms with Crippen LogP contribution in [0.1, 0.15) is 65.1 Å². The number of hydrogen-bond donors (Lipinski definition) is 2. The Labute approximate surface area is 205 Å². The maximum atomic E-state index is 12.9. The summed E-state index contributed by atoms with van der Waals surface area (Å²) >= 11 is 0. The number of esters is 1. The van der Waals surface area contributed by atoms with Gasteiger partial charge in [-0.05, 0) is 46.6 Å². The average molecular weight is 495 g/mol. The molecule has 0 bridgehead atoms. The number of amides is 2. The molecular weight excluding hydrogens is 458 g/mol. The zero-order valence-corrected chi connectivity index (χ0v) is 21.3. The fourth-order valence-corrected chi connectivity index (χ4v) is 4.02. The van der Waals surface area contributed by atoms with Gasteiger partial charge < -0.3 is 34.7 Å². The van der Waals surface area contributed by atoms with Gasteiger partial charge in [0.05, 0.1) is 0 Å². The van der Waals surface area contributed by atoms with Crippen molar-refractivity contribution in [3.63, 3.8) is 0 Å². The maximum absolute atomic E-state index is 12.9. The molecule has 0 unspecified atom stereocenters. The molecule has 2 aliphatic rings. The Morgan fingerprint density at radius 2 is 1.86 bits per heavy atom. The Kier molecular flexibility index (Phi) is 7.73. The molecule has 3 rings (SSSR count). The highest BCUT2D eigenvalue weighted by Crippen LogP contribution is 2.41. The van der Waals surface area contributed by atoms with Crippen LogP contribution in [-0.2, 0) is 28.5 Å². The Bertz CT molecular complexity index is 958. The second kappa shape index (κ2) is 10.1. The van der Waals surface area contributed by atoms with Crippen molar-refractivity contribution >= 4 is 18.0 Å². The van der Waals surface area contributed by atoms with Gasteiger partial charge in [0.15, 0.2) is 24.3 Å². The Hall–Kier alpha value is -2.76. The quantitative estimate of drug-likeness (QED) is 0.430. The number of primary amides is 1. The molecule has 1 aromatic rings. The summed E-state index contributed by atoms with van der Waals surface area (Å²) in [7, 11) is 0. The molecule has 194 valence electrons. The molecule has 3 heterocycles. The number of alkyl carbamates (subject to hydrolysis) is 1. The molecule has 3 N–H and O–H groups in total. The molecule has 35 heavy (non-hydrogen) atoms. The molecule has 1 aromatic heterocycles. The number of carbonyl (C=O) groups is 3. The van der Waals surface area contributed by atoms with Crippen LogP contribution in [0.2, 0.25) is 0 Å². The van der Waals surface area contributed by atoms with E-state index in [0.29, 0.717) is 5.56 Å². The number of fused-ring (bicyclic) bond motifs is 1. The molecule has 2 aliphatic heterocycles. The number of aromatic nitrogens is 1. The van der Waals surface area contributed by atoms with Crippen molar-refractivity contribution in [1.82, 2.24) is 5.32 Å². The third-order valence-electron chi connectivity index (χ3n) is 5.51. The fourth-order valence-electron chi connectivity index (χ4n) is 4.02. The highest BCUT2D eigenvalue weighted by molar-refractivity contribution is 5.92. The standard InChI is InChI=1S/C24H35N3O8/c1-13(2)16(26-22(30)35-23(3,4)5)21(29)31-12-15-17-18(34-24(6,7)33-17)20(32-15)27-10-8-9-14(11-27)19(25)28/h8-11,13,15-18,20H,12H2,1-7H3,(H2-,25,26,28,30)/p+1/t15-,16+,17-,18-,20-/m1/s1. The number of nitrogens with zero attached hydrogens (tertiary/aromatic N) is 1. The molecule has 0 spiro atoms. The number of ether oxygens (including phenoxy) is 5. The SMILES string of the molecule is CC(C)[C@H](NC(=O)OC(C)(C)C)C(=O)OC[C@H]1O[C@@H]([n+]2cccc(C(N)=O)c2)[C@@H]2OC(C)(C)O[C@@H]21. The molecule has 0 saturated carbocycles. The van der Waals surface area contributed by atoms with Crippen molar-refractivity contribution in [1.29, 1.82) is 0 Å². The zero-order chi connectivity index (χ0) is 26.1. The second-order valence-corrected chi connectivity index (χ2v) is 10.5. The van der Waals surface area contributed by atoms with Crippen LogP contribution in [0.4, 0.5) is 4.79 Å². The molecule has 2 amide bonds. The van der Waals surface area contributed by atoms with Gasteiger partial charge in [-0.2, -0.15) is 4.57 Å². The summed E-state index contributed by atoms with van der Waals surface area (Å²) in [5.41, 5.74) is 5.03. The van der Waals surface area contributed by atoms with E-state index in [1.807, 2.05) is 0 Å². The first-order valence-electron chi connectivity index (χ1n) is 11.6. The van der Waals surface area contributed by atoms with Crippen LogP contribution < -0.4 is 15.6 Å². The van der Waals surface area contributed by atoms with Gasteiger partial charge >= 0.3 is 12.1 Å². The van der Waals surface area contributed by atoms with E-state index in [4.69, 9.17) is 29.4 Å². The van der Waals surface area contributed by atoms with E-state index in [1.54, 1.807) is 77.6 Å². The zero-order valence-electron chi connectivity index (χ0n) is 21.3. The average Bonchev–Trinajstić information content (AvgIpc) is 3.21. The topological polar surface area (TPSA) is 139 Å². The predicted octanol–water partition coefficient (Wildman–Crippen LogP) is 1.58. The van der Waals surface area contributed by atoms with E-state index in [-0.39, 0.29) is 12.5 Å². The van der Waals surface area contributed by atoms with Crippen molar-refractivity contribution in [2.45, 2.75) is 90.4 Å². The molecule has 0 radical (unpaired) electrons. The summed E-state index contributed by atoms with van der Waals surface area (Å²) in [5.74, 6) is -2.30. The van der Waals surface area contributed by atoms with Crippen LogP contribution in [-0.4, -0.2) is 60.3 Å². The number of carbonyl (C=O) groups excluding carboxylic acids is 3. The first-order valence-corrected chi connectivity index (χ1v) is 11.6. The number of rotatable bonds is 7. The first-order chi connectivity index (χ1) is 16.2. The van der Waals surface area contributed by atoms with Gasteiger partial charge in [0.1, 0.15) is 36.0 Å². The first kappa shape index (κ1) is 26.8. The summed E-state index contributed by atoms with van der Waals surface area (Å²) in [6, 6.07) is 2.38. The third kappa shape index (κ3) is 6.68. The molecule has 11 heteroatoms. The number of pyridine rings is 1. The van der Waals surface area contributed by atoms with Gasteiger partial charge in [0, 0.05) is 6.07 Å². The molecular formula is C24H36N3O8+. The van der Waals surface area contributed by atoms with Crippen molar-refractivity contribution in [3.8, 4) is 0 Å². The van der Waals surface area contributed by atoms with Gasteiger partial charge in [-0.15, -0.1) is 0 Å². The van der Waals surface area contributed by atoms with Crippen LogP contribution in [0, 0.1) is 5.92 Å². The van der Waals surface area contributed by atoms with Gasteiger partial charge in [0.25, 0.3) is 12.1 Å². The van der Waals surface area contributed by atoms with Gasteiger partial charge in [-0.1, -0.05) is 13.8 Å². The Morgan fingerprint density at radius 1 is 1.20 bits per heavy atom. The summed E-state index contributed by atoms with van der Waals surface area (Å²) in [6.45, 7) is 12.3. The van der Waals surface area contributed by atoms with E-state index in [2.05, 4.69) is 5.32 Å². The number of nitrogens with two attached hydrogens (primary N) is 1. The minimum Gasteiger partial charge on any atom is -0.461 e. The van der Waals surface area contributed by atoms with Gasteiger partial charge in [0.2, 0.25) is 0 Å². The van der Waals surface area contributed by atoms with Crippen LogP contribution >= 0.6 is 0 Å². The lowest BCUT2D eigenvalue weighted by Crippen LogP contribution is -2.48. The fraction of sp³-hybridized carbons (Fsp3) is 0.667. The number of hydrogen-bond acceptors (Lipinski definition) is 8. The molecule has 2 fully saturated rings. The van der Waals surface area contributed by atoms with Crippen molar-refractivity contribution in [3.05, 3.63) is 30.1 Å². The molecule has 5 atom stereocenters. The molecule has 0 aliphatic carbocycles. The number of nitrogens with one attached hydrogen (secondary N) is 1. The summed E-state index contributed by atoms with van der Waals surface area (Å²) in [6.07, 6.45) is 0.293. The highest BCUT2D eigenvalue weighted by atomic mass is 16.8. The lowest BCUT2D eigenvalue weighted by atomic mass is 10.1.